The van der Waals surface area contributed by atoms with E-state index in [0.29, 0.717) is 11.6 Å². The maximum Gasteiger partial charge on any atom is 0.339 e. The molecule has 1 aromatic rings. The lowest BCUT2D eigenvalue weighted by molar-refractivity contribution is 0.0693. The first-order chi connectivity index (χ1) is 7.52. The fourth-order valence-electron chi connectivity index (χ4n) is 1.12. The summed E-state index contributed by atoms with van der Waals surface area (Å²) in [7, 11) is 0. The second-order valence-corrected chi connectivity index (χ2v) is 3.92. The number of benzene rings is 1. The topological polar surface area (TPSA) is 46.5 Å². The van der Waals surface area contributed by atoms with Crippen LogP contribution >= 0.6 is 11.6 Å². The van der Waals surface area contributed by atoms with Crippen molar-refractivity contribution in [3.63, 3.8) is 0 Å². The monoisotopic (exact) mass is 240 g/mol. The fraction of sp³-hybridized carbons (Fsp3) is 0.250. The van der Waals surface area contributed by atoms with Gasteiger partial charge in [0.25, 0.3) is 0 Å². The first-order valence-corrected chi connectivity index (χ1v) is 5.18. The van der Waals surface area contributed by atoms with Crippen molar-refractivity contribution in [2.45, 2.75) is 13.8 Å². The molecule has 0 radical (unpaired) electrons. The Hall–Kier alpha value is -1.48. The van der Waals surface area contributed by atoms with Crippen LogP contribution in [-0.4, -0.2) is 17.7 Å². The van der Waals surface area contributed by atoms with E-state index in [1.165, 1.54) is 6.07 Å². The highest BCUT2D eigenvalue weighted by molar-refractivity contribution is 6.32. The largest absolute Gasteiger partial charge is 0.487 e. The lowest BCUT2D eigenvalue weighted by atomic mass is 10.2. The van der Waals surface area contributed by atoms with Crippen LogP contribution in [0.3, 0.4) is 0 Å². The molecule has 0 spiro atoms. The minimum Gasteiger partial charge on any atom is -0.487 e. The number of carbonyl (C=O) groups is 1. The first-order valence-electron chi connectivity index (χ1n) is 4.80. The Balaban J connectivity index is 2.93. The van der Waals surface area contributed by atoms with Crippen LogP contribution in [0.5, 0.6) is 5.75 Å². The Morgan fingerprint density at radius 1 is 1.50 bits per heavy atom. The van der Waals surface area contributed by atoms with Crippen LogP contribution in [0.2, 0.25) is 5.02 Å². The number of hydrogen-bond acceptors (Lipinski definition) is 2. The molecule has 3 nitrogen and oxygen atoms in total. The van der Waals surface area contributed by atoms with Gasteiger partial charge in [-0.3, -0.25) is 0 Å². The van der Waals surface area contributed by atoms with Crippen LogP contribution in [0.1, 0.15) is 24.2 Å². The minimum absolute atomic E-state index is 0.0784. The van der Waals surface area contributed by atoms with E-state index in [1.807, 2.05) is 19.9 Å². The average molecular weight is 241 g/mol. The van der Waals surface area contributed by atoms with E-state index in [9.17, 15) is 4.79 Å². The number of hydrogen-bond donors (Lipinski definition) is 1. The molecule has 1 rings (SSSR count). The number of carboxylic acid groups (broad SMARTS) is 1. The van der Waals surface area contributed by atoms with Crippen molar-refractivity contribution in [3.05, 3.63) is 40.4 Å². The summed E-state index contributed by atoms with van der Waals surface area (Å²) in [4.78, 5) is 10.9. The van der Waals surface area contributed by atoms with Gasteiger partial charge in [0.2, 0.25) is 0 Å². The molecule has 16 heavy (non-hydrogen) atoms. The standard InChI is InChI=1S/C12H13ClO3/c1-8(2)6-7-16-11-9(12(14)15)4-3-5-10(11)13/h3-6H,7H2,1-2H3,(H,14,15). The molecule has 0 fully saturated rings. The summed E-state index contributed by atoms with van der Waals surface area (Å²) in [5.41, 5.74) is 1.18. The van der Waals surface area contributed by atoms with Crippen molar-refractivity contribution < 1.29 is 14.6 Å². The number of rotatable bonds is 4. The van der Waals surface area contributed by atoms with Crippen LogP contribution in [-0.2, 0) is 0 Å². The predicted molar refractivity (Wildman–Crippen MR) is 63.3 cm³/mol. The maximum atomic E-state index is 10.9. The zero-order chi connectivity index (χ0) is 12.1. The summed E-state index contributed by atoms with van der Waals surface area (Å²) in [6.45, 7) is 4.19. The lowest BCUT2D eigenvalue weighted by Crippen LogP contribution is -2.03. The first kappa shape index (κ1) is 12.6. The molecule has 0 unspecified atom stereocenters. The lowest BCUT2D eigenvalue weighted by Gasteiger charge is -2.09. The zero-order valence-electron chi connectivity index (χ0n) is 9.16. The molecule has 0 aliphatic heterocycles. The van der Waals surface area contributed by atoms with Gasteiger partial charge < -0.3 is 9.84 Å². The zero-order valence-corrected chi connectivity index (χ0v) is 9.91. The molecule has 0 saturated heterocycles. The summed E-state index contributed by atoms with van der Waals surface area (Å²) < 4.78 is 5.35. The van der Waals surface area contributed by atoms with Crippen LogP contribution in [0, 0.1) is 0 Å². The number of halogens is 1. The molecule has 4 heteroatoms. The van der Waals surface area contributed by atoms with E-state index in [1.54, 1.807) is 12.1 Å². The molecule has 0 atom stereocenters. The Bertz CT molecular complexity index is 420. The number of carboxylic acids is 1. The van der Waals surface area contributed by atoms with Crippen LogP contribution in [0.25, 0.3) is 0 Å². The number of aromatic carboxylic acids is 1. The highest BCUT2D eigenvalue weighted by Crippen LogP contribution is 2.28. The summed E-state index contributed by atoms with van der Waals surface area (Å²) in [5.74, 6) is -0.830. The quantitative estimate of drug-likeness (QED) is 0.821. The van der Waals surface area contributed by atoms with E-state index in [0.717, 1.165) is 5.57 Å². The minimum atomic E-state index is -1.05. The Labute approximate surface area is 99.3 Å². The molecule has 0 aliphatic carbocycles. The van der Waals surface area contributed by atoms with Gasteiger partial charge >= 0.3 is 5.97 Å². The Morgan fingerprint density at radius 3 is 2.75 bits per heavy atom. The van der Waals surface area contributed by atoms with Gasteiger partial charge in [-0.15, -0.1) is 0 Å². The Kier molecular flexibility index (Phi) is 4.38. The van der Waals surface area contributed by atoms with Crippen molar-refractivity contribution in [1.82, 2.24) is 0 Å². The number of allylic oxidation sites excluding steroid dienone is 1. The van der Waals surface area contributed by atoms with Gasteiger partial charge in [0.1, 0.15) is 12.2 Å². The number of ether oxygens (including phenoxy) is 1. The summed E-state index contributed by atoms with van der Waals surface area (Å²) in [5, 5.41) is 9.25. The molecule has 0 aromatic heterocycles. The van der Waals surface area contributed by atoms with E-state index in [2.05, 4.69) is 0 Å². The van der Waals surface area contributed by atoms with Crippen molar-refractivity contribution >= 4 is 17.6 Å². The summed E-state index contributed by atoms with van der Waals surface area (Å²) in [6.07, 6.45) is 1.86. The van der Waals surface area contributed by atoms with Gasteiger partial charge in [0.15, 0.2) is 5.75 Å². The van der Waals surface area contributed by atoms with Gasteiger partial charge in [-0.05, 0) is 32.1 Å². The second-order valence-electron chi connectivity index (χ2n) is 3.51. The van der Waals surface area contributed by atoms with Crippen molar-refractivity contribution in [2.75, 3.05) is 6.61 Å². The molecule has 1 aromatic carbocycles. The van der Waals surface area contributed by atoms with E-state index in [-0.39, 0.29) is 11.3 Å². The second kappa shape index (κ2) is 5.56. The molecule has 0 aliphatic rings. The fourth-order valence-corrected chi connectivity index (χ4v) is 1.34. The van der Waals surface area contributed by atoms with Crippen molar-refractivity contribution in [1.29, 1.82) is 0 Å². The third kappa shape index (κ3) is 3.28. The van der Waals surface area contributed by atoms with E-state index >= 15 is 0 Å². The van der Waals surface area contributed by atoms with Gasteiger partial charge in [0, 0.05) is 0 Å². The van der Waals surface area contributed by atoms with Gasteiger partial charge in [-0.2, -0.15) is 0 Å². The highest BCUT2D eigenvalue weighted by atomic mass is 35.5. The third-order valence-electron chi connectivity index (χ3n) is 1.92. The molecule has 0 heterocycles. The van der Waals surface area contributed by atoms with Gasteiger partial charge in [-0.25, -0.2) is 4.79 Å². The van der Waals surface area contributed by atoms with Gasteiger partial charge in [0.05, 0.1) is 5.02 Å². The van der Waals surface area contributed by atoms with Crippen LogP contribution in [0.4, 0.5) is 0 Å². The number of para-hydroxylation sites is 1. The van der Waals surface area contributed by atoms with Crippen LogP contribution < -0.4 is 4.74 Å². The molecule has 0 bridgehead atoms. The normalized spacial score (nSPS) is 9.69. The summed E-state index contributed by atoms with van der Waals surface area (Å²) >= 11 is 5.88. The van der Waals surface area contributed by atoms with E-state index in [4.69, 9.17) is 21.4 Å². The van der Waals surface area contributed by atoms with Crippen molar-refractivity contribution in [3.8, 4) is 5.75 Å². The summed E-state index contributed by atoms with van der Waals surface area (Å²) in [6, 6.07) is 4.65. The Morgan fingerprint density at radius 2 is 2.19 bits per heavy atom. The average Bonchev–Trinajstić information content (AvgIpc) is 2.19. The highest BCUT2D eigenvalue weighted by Gasteiger charge is 2.13. The molecule has 86 valence electrons. The molecule has 0 saturated carbocycles. The SMILES string of the molecule is CC(C)=CCOc1c(Cl)cccc1C(=O)O. The van der Waals surface area contributed by atoms with Gasteiger partial charge in [-0.1, -0.05) is 23.2 Å². The van der Waals surface area contributed by atoms with Crippen LogP contribution in [0.15, 0.2) is 29.8 Å². The molecule has 1 N–H and O–H groups in total. The molecule has 0 amide bonds. The maximum absolute atomic E-state index is 10.9. The predicted octanol–water partition coefficient (Wildman–Crippen LogP) is 3.38. The van der Waals surface area contributed by atoms with Crippen molar-refractivity contribution in [2.24, 2.45) is 0 Å². The molecular formula is C12H13ClO3. The van der Waals surface area contributed by atoms with E-state index < -0.39 is 5.97 Å². The molecular weight excluding hydrogens is 228 g/mol. The smallest absolute Gasteiger partial charge is 0.339 e. The third-order valence-corrected chi connectivity index (χ3v) is 2.21.